The first-order valence-electron chi connectivity index (χ1n) is 5.80. The Kier molecular flexibility index (Phi) is 4.11. The monoisotopic (exact) mass is 279 g/mol. The van der Waals surface area contributed by atoms with Gasteiger partial charge in [-0.25, -0.2) is 0 Å². The van der Waals surface area contributed by atoms with Gasteiger partial charge in [0.2, 0.25) is 6.10 Å². The quantitative estimate of drug-likeness (QED) is 0.619. The van der Waals surface area contributed by atoms with E-state index in [0.29, 0.717) is 18.7 Å². The Morgan fingerprint density at radius 1 is 1.37 bits per heavy atom. The third-order valence-electron chi connectivity index (χ3n) is 2.64. The highest BCUT2D eigenvalue weighted by molar-refractivity contribution is 7.80. The van der Waals surface area contributed by atoms with E-state index in [0.717, 1.165) is 0 Å². The Balaban J connectivity index is 2.25. The summed E-state index contributed by atoms with van der Waals surface area (Å²) >= 11 is 4.94. The zero-order chi connectivity index (χ0) is 13.8. The molecule has 19 heavy (non-hydrogen) atoms. The molecule has 1 aliphatic rings. The average molecular weight is 279 g/mol. The van der Waals surface area contributed by atoms with Crippen LogP contribution in [0.1, 0.15) is 18.6 Å². The number of hydrogen-bond donors (Lipinski definition) is 0. The minimum absolute atomic E-state index is 0.123. The summed E-state index contributed by atoms with van der Waals surface area (Å²) in [6.07, 6.45) is -0.988. The van der Waals surface area contributed by atoms with Crippen LogP contribution in [0.4, 0.5) is 0 Å². The van der Waals surface area contributed by atoms with Gasteiger partial charge in [0.05, 0.1) is 6.54 Å². The van der Waals surface area contributed by atoms with Gasteiger partial charge in [-0.15, -0.1) is 0 Å². The molecule has 1 aliphatic heterocycles. The molecule has 1 amide bonds. The van der Waals surface area contributed by atoms with E-state index in [-0.39, 0.29) is 11.1 Å². The largest absolute Gasteiger partial charge is 0.469 e. The fourth-order valence-electron chi connectivity index (χ4n) is 1.79. The van der Waals surface area contributed by atoms with Crippen LogP contribution in [0.25, 0.3) is 0 Å². The Morgan fingerprint density at radius 2 is 2.05 bits per heavy atom. The van der Waals surface area contributed by atoms with Crippen LogP contribution in [-0.4, -0.2) is 35.1 Å². The summed E-state index contributed by atoms with van der Waals surface area (Å²) in [7, 11) is 0. The molecule has 0 aromatic heterocycles. The molecule has 1 aromatic carbocycles. The summed E-state index contributed by atoms with van der Waals surface area (Å²) in [6.45, 7) is 2.01. The zero-order valence-corrected chi connectivity index (χ0v) is 11.2. The Bertz CT molecular complexity index is 503. The van der Waals surface area contributed by atoms with Gasteiger partial charge < -0.3 is 9.47 Å². The van der Waals surface area contributed by atoms with E-state index >= 15 is 0 Å². The summed E-state index contributed by atoms with van der Waals surface area (Å²) in [5.74, 6) is -0.905. The van der Waals surface area contributed by atoms with Gasteiger partial charge in [0.15, 0.2) is 0 Å². The van der Waals surface area contributed by atoms with Crippen molar-refractivity contribution in [3.8, 4) is 0 Å². The second kappa shape index (κ2) is 5.79. The molecule has 1 atom stereocenters. The predicted molar refractivity (Wildman–Crippen MR) is 71.2 cm³/mol. The number of hydrogen-bond acceptors (Lipinski definition) is 5. The maximum atomic E-state index is 12.4. The van der Waals surface area contributed by atoms with Gasteiger partial charge in [-0.3, -0.25) is 14.5 Å². The summed E-state index contributed by atoms with van der Waals surface area (Å²) in [5, 5.41) is 0.123. The topological polar surface area (TPSA) is 55.8 Å². The first kappa shape index (κ1) is 13.5. The van der Waals surface area contributed by atoms with Crippen LogP contribution in [0, 0.1) is 0 Å². The van der Waals surface area contributed by atoms with Crippen molar-refractivity contribution in [1.82, 2.24) is 4.90 Å². The van der Waals surface area contributed by atoms with E-state index in [1.54, 1.807) is 24.3 Å². The molecule has 1 saturated heterocycles. The number of ether oxygens (including phenoxy) is 2. The Hall–Kier alpha value is -1.95. The van der Waals surface area contributed by atoms with Crippen molar-refractivity contribution in [2.45, 2.75) is 13.0 Å². The lowest BCUT2D eigenvalue weighted by atomic mass is 10.1. The van der Waals surface area contributed by atoms with E-state index in [4.69, 9.17) is 21.7 Å². The van der Waals surface area contributed by atoms with Crippen LogP contribution in [0.3, 0.4) is 0 Å². The van der Waals surface area contributed by atoms with E-state index in [2.05, 4.69) is 0 Å². The van der Waals surface area contributed by atoms with Crippen LogP contribution in [-0.2, 0) is 19.1 Å². The van der Waals surface area contributed by atoms with Gasteiger partial charge in [0, 0.05) is 12.5 Å². The molecular formula is C13H13NO4S. The van der Waals surface area contributed by atoms with Crippen LogP contribution in [0.5, 0.6) is 0 Å². The predicted octanol–water partition coefficient (Wildman–Crippen LogP) is 1.43. The van der Waals surface area contributed by atoms with Crippen LogP contribution in [0.15, 0.2) is 30.3 Å². The Labute approximate surface area is 116 Å². The van der Waals surface area contributed by atoms with Gasteiger partial charge in [-0.2, -0.15) is 0 Å². The molecule has 0 aliphatic carbocycles. The molecule has 5 nitrogen and oxygen atoms in total. The summed E-state index contributed by atoms with van der Waals surface area (Å²) in [6, 6.07) is 8.83. The van der Waals surface area contributed by atoms with Gasteiger partial charge in [-0.1, -0.05) is 30.3 Å². The normalized spacial score (nSPS) is 15.8. The van der Waals surface area contributed by atoms with Crippen molar-refractivity contribution in [1.29, 1.82) is 0 Å². The Morgan fingerprint density at radius 3 is 2.58 bits per heavy atom. The van der Waals surface area contributed by atoms with Gasteiger partial charge in [0.1, 0.15) is 6.61 Å². The summed E-state index contributed by atoms with van der Waals surface area (Å²) < 4.78 is 10.2. The summed E-state index contributed by atoms with van der Waals surface area (Å²) in [4.78, 5) is 24.9. The standard InChI is InChI=1S/C13H13NO4S/c1-9(15)18-11(10-5-3-2-4-6-10)12(16)14-7-8-17-13(14)19/h2-6,11H,7-8H2,1H3. The molecule has 1 unspecified atom stereocenters. The van der Waals surface area contributed by atoms with Gasteiger partial charge >= 0.3 is 5.97 Å². The van der Waals surface area contributed by atoms with Crippen LogP contribution < -0.4 is 0 Å². The smallest absolute Gasteiger partial charge is 0.303 e. The van der Waals surface area contributed by atoms with E-state index in [9.17, 15) is 9.59 Å². The van der Waals surface area contributed by atoms with Crippen molar-refractivity contribution < 1.29 is 19.1 Å². The zero-order valence-electron chi connectivity index (χ0n) is 10.4. The number of benzene rings is 1. The van der Waals surface area contributed by atoms with E-state index in [1.165, 1.54) is 11.8 Å². The number of esters is 1. The molecule has 0 N–H and O–H groups in total. The SMILES string of the molecule is CC(=O)OC(C(=O)N1CCOC1=S)c1ccccc1. The fraction of sp³-hybridized carbons (Fsp3) is 0.308. The molecule has 1 fully saturated rings. The lowest BCUT2D eigenvalue weighted by Gasteiger charge is -2.21. The minimum Gasteiger partial charge on any atom is -0.469 e. The number of carbonyl (C=O) groups is 2. The third kappa shape index (κ3) is 3.08. The highest BCUT2D eigenvalue weighted by Gasteiger charge is 2.33. The lowest BCUT2D eigenvalue weighted by molar-refractivity contribution is -0.157. The second-order valence-corrected chi connectivity index (χ2v) is 4.35. The van der Waals surface area contributed by atoms with E-state index < -0.39 is 12.1 Å². The molecular weight excluding hydrogens is 266 g/mol. The van der Waals surface area contributed by atoms with Crippen LogP contribution >= 0.6 is 12.2 Å². The van der Waals surface area contributed by atoms with Crippen LogP contribution in [0.2, 0.25) is 0 Å². The third-order valence-corrected chi connectivity index (χ3v) is 2.98. The first-order chi connectivity index (χ1) is 9.09. The van der Waals surface area contributed by atoms with Crippen molar-refractivity contribution in [3.05, 3.63) is 35.9 Å². The fourth-order valence-corrected chi connectivity index (χ4v) is 2.05. The maximum Gasteiger partial charge on any atom is 0.303 e. The summed E-state index contributed by atoms with van der Waals surface area (Å²) in [5.41, 5.74) is 0.609. The maximum absolute atomic E-state index is 12.4. The number of nitrogens with zero attached hydrogens (tertiary/aromatic N) is 1. The minimum atomic E-state index is -0.988. The average Bonchev–Trinajstić information content (AvgIpc) is 2.82. The van der Waals surface area contributed by atoms with Crippen molar-refractivity contribution >= 4 is 29.3 Å². The number of rotatable bonds is 3. The molecule has 0 bridgehead atoms. The lowest BCUT2D eigenvalue weighted by Crippen LogP contribution is -2.37. The molecule has 1 heterocycles. The van der Waals surface area contributed by atoms with Crippen molar-refractivity contribution in [3.63, 3.8) is 0 Å². The van der Waals surface area contributed by atoms with Gasteiger partial charge in [-0.05, 0) is 12.2 Å². The number of carbonyl (C=O) groups excluding carboxylic acids is 2. The number of thiocarbonyl (C=S) groups is 1. The molecule has 0 saturated carbocycles. The molecule has 0 spiro atoms. The first-order valence-corrected chi connectivity index (χ1v) is 6.20. The molecule has 1 aromatic rings. The van der Waals surface area contributed by atoms with Gasteiger partial charge in [0.25, 0.3) is 11.1 Å². The molecule has 2 rings (SSSR count). The number of amides is 1. The van der Waals surface area contributed by atoms with Crippen molar-refractivity contribution in [2.24, 2.45) is 0 Å². The highest BCUT2D eigenvalue weighted by Crippen LogP contribution is 2.22. The molecule has 0 radical (unpaired) electrons. The van der Waals surface area contributed by atoms with E-state index in [1.807, 2.05) is 6.07 Å². The highest BCUT2D eigenvalue weighted by atomic mass is 32.1. The second-order valence-electron chi connectivity index (χ2n) is 4.00. The van der Waals surface area contributed by atoms with Crippen molar-refractivity contribution in [2.75, 3.05) is 13.2 Å². The molecule has 100 valence electrons. The molecule has 6 heteroatoms.